The van der Waals surface area contributed by atoms with Crippen molar-refractivity contribution in [2.45, 2.75) is 12.8 Å². The number of carbonyl (C=O) groups excluding carboxylic acids is 1. The lowest BCUT2D eigenvalue weighted by Gasteiger charge is -2.15. The second-order valence-electron chi connectivity index (χ2n) is 5.71. The molecule has 0 saturated carbocycles. The monoisotopic (exact) mass is 389 g/mol. The molecule has 0 saturated heterocycles. The molecule has 0 aliphatic rings. The Balaban J connectivity index is 2.06. The van der Waals surface area contributed by atoms with Crippen LogP contribution < -0.4 is 24.3 Å². The smallest absolute Gasteiger partial charge is 0.303 e. The zero-order chi connectivity index (χ0) is 20.5. The number of methoxy groups -OCH3 is 3. The van der Waals surface area contributed by atoms with Crippen molar-refractivity contribution in [3.63, 3.8) is 0 Å². The Hall–Kier alpha value is -3.42. The van der Waals surface area contributed by atoms with Crippen LogP contribution in [0.1, 0.15) is 23.2 Å². The van der Waals surface area contributed by atoms with Gasteiger partial charge >= 0.3 is 5.97 Å². The summed E-state index contributed by atoms with van der Waals surface area (Å²) >= 11 is 0. The van der Waals surface area contributed by atoms with E-state index in [0.29, 0.717) is 41.5 Å². The summed E-state index contributed by atoms with van der Waals surface area (Å²) in [7, 11) is 4.42. The molecule has 0 fully saturated rings. The maximum absolute atomic E-state index is 12.6. The second kappa shape index (κ2) is 10.1. The van der Waals surface area contributed by atoms with Crippen molar-refractivity contribution in [3.05, 3.63) is 42.0 Å². The van der Waals surface area contributed by atoms with Crippen LogP contribution in [-0.4, -0.2) is 44.9 Å². The number of anilines is 1. The SMILES string of the molecule is COc1ccc(C(=O)Nc2ccc(OCCCC(=O)O)cc2)c(OC)c1OC. The van der Waals surface area contributed by atoms with Gasteiger partial charge in [-0.15, -0.1) is 0 Å². The van der Waals surface area contributed by atoms with E-state index in [2.05, 4.69) is 5.32 Å². The predicted molar refractivity (Wildman–Crippen MR) is 103 cm³/mol. The number of benzene rings is 2. The average Bonchev–Trinajstić information content (AvgIpc) is 2.70. The van der Waals surface area contributed by atoms with E-state index >= 15 is 0 Å². The largest absolute Gasteiger partial charge is 0.494 e. The van der Waals surface area contributed by atoms with Gasteiger partial charge in [0, 0.05) is 12.1 Å². The van der Waals surface area contributed by atoms with Gasteiger partial charge in [-0.2, -0.15) is 0 Å². The van der Waals surface area contributed by atoms with Gasteiger partial charge in [-0.25, -0.2) is 0 Å². The first kappa shape index (κ1) is 20.9. The Labute approximate surface area is 163 Å². The molecule has 8 heteroatoms. The molecule has 2 aromatic carbocycles. The molecule has 150 valence electrons. The van der Waals surface area contributed by atoms with Crippen molar-refractivity contribution in [1.82, 2.24) is 0 Å². The summed E-state index contributed by atoms with van der Waals surface area (Å²) in [5.41, 5.74) is 0.869. The van der Waals surface area contributed by atoms with Gasteiger partial charge < -0.3 is 29.4 Å². The molecule has 0 aromatic heterocycles. The molecule has 2 rings (SSSR count). The normalized spacial score (nSPS) is 10.1. The Morgan fingerprint density at radius 3 is 2.18 bits per heavy atom. The number of nitrogens with one attached hydrogen (secondary N) is 1. The third-order valence-corrected chi connectivity index (χ3v) is 3.86. The van der Waals surface area contributed by atoms with Crippen molar-refractivity contribution in [1.29, 1.82) is 0 Å². The van der Waals surface area contributed by atoms with Crippen LogP contribution in [0.2, 0.25) is 0 Å². The van der Waals surface area contributed by atoms with Gasteiger partial charge in [-0.3, -0.25) is 9.59 Å². The standard InChI is InChI=1S/C20H23NO7/c1-25-16-11-10-15(18(26-2)19(16)27-3)20(24)21-13-6-8-14(9-7-13)28-12-4-5-17(22)23/h6-11H,4-5,12H2,1-3H3,(H,21,24)(H,22,23). The average molecular weight is 389 g/mol. The fraction of sp³-hybridized carbons (Fsp3) is 0.300. The number of carboxylic acid groups (broad SMARTS) is 1. The number of ether oxygens (including phenoxy) is 4. The van der Waals surface area contributed by atoms with Crippen molar-refractivity contribution in [2.75, 3.05) is 33.3 Å². The maximum Gasteiger partial charge on any atom is 0.303 e. The van der Waals surface area contributed by atoms with Gasteiger partial charge in [0.1, 0.15) is 5.75 Å². The molecule has 8 nitrogen and oxygen atoms in total. The fourth-order valence-electron chi connectivity index (χ4n) is 2.53. The number of aliphatic carboxylic acids is 1. The van der Waals surface area contributed by atoms with Crippen LogP contribution in [0.4, 0.5) is 5.69 Å². The minimum atomic E-state index is -0.854. The highest BCUT2D eigenvalue weighted by molar-refractivity contribution is 6.07. The van der Waals surface area contributed by atoms with E-state index in [1.165, 1.54) is 21.3 Å². The van der Waals surface area contributed by atoms with Gasteiger partial charge in [-0.1, -0.05) is 0 Å². The van der Waals surface area contributed by atoms with Crippen LogP contribution in [0.25, 0.3) is 0 Å². The highest BCUT2D eigenvalue weighted by Crippen LogP contribution is 2.39. The Morgan fingerprint density at radius 2 is 1.61 bits per heavy atom. The maximum atomic E-state index is 12.6. The summed E-state index contributed by atoms with van der Waals surface area (Å²) < 4.78 is 21.3. The Morgan fingerprint density at radius 1 is 0.929 bits per heavy atom. The molecular weight excluding hydrogens is 366 g/mol. The summed E-state index contributed by atoms with van der Waals surface area (Å²) in [6.07, 6.45) is 0.480. The number of rotatable bonds is 10. The van der Waals surface area contributed by atoms with Crippen LogP contribution in [0.5, 0.6) is 23.0 Å². The third-order valence-electron chi connectivity index (χ3n) is 3.86. The minimum absolute atomic E-state index is 0.0568. The van der Waals surface area contributed by atoms with Crippen LogP contribution >= 0.6 is 0 Å². The first-order chi connectivity index (χ1) is 13.5. The lowest BCUT2D eigenvalue weighted by Crippen LogP contribution is -2.14. The van der Waals surface area contributed by atoms with Crippen molar-refractivity contribution >= 4 is 17.6 Å². The lowest BCUT2D eigenvalue weighted by molar-refractivity contribution is -0.137. The topological polar surface area (TPSA) is 103 Å². The number of hydrogen-bond acceptors (Lipinski definition) is 6. The van der Waals surface area contributed by atoms with Gasteiger partial charge in [0.25, 0.3) is 5.91 Å². The van der Waals surface area contributed by atoms with E-state index in [1.807, 2.05) is 0 Å². The highest BCUT2D eigenvalue weighted by atomic mass is 16.5. The predicted octanol–water partition coefficient (Wildman–Crippen LogP) is 3.21. The Kier molecular flexibility index (Phi) is 7.50. The fourth-order valence-corrected chi connectivity index (χ4v) is 2.53. The van der Waals surface area contributed by atoms with E-state index in [1.54, 1.807) is 36.4 Å². The summed E-state index contributed by atoms with van der Waals surface area (Å²) in [6, 6.07) is 10.00. The molecule has 0 bridgehead atoms. The number of carbonyl (C=O) groups is 2. The quantitative estimate of drug-likeness (QED) is 0.601. The number of amides is 1. The van der Waals surface area contributed by atoms with Crippen LogP contribution in [-0.2, 0) is 4.79 Å². The highest BCUT2D eigenvalue weighted by Gasteiger charge is 2.20. The van der Waals surface area contributed by atoms with E-state index < -0.39 is 5.97 Å². The van der Waals surface area contributed by atoms with Crippen molar-refractivity contribution < 1.29 is 33.6 Å². The van der Waals surface area contributed by atoms with Gasteiger partial charge in [0.05, 0.1) is 33.5 Å². The van der Waals surface area contributed by atoms with Crippen LogP contribution in [0.3, 0.4) is 0 Å². The molecule has 28 heavy (non-hydrogen) atoms. The first-order valence-electron chi connectivity index (χ1n) is 8.55. The van der Waals surface area contributed by atoms with E-state index in [0.717, 1.165) is 0 Å². The molecule has 2 aromatic rings. The first-order valence-corrected chi connectivity index (χ1v) is 8.55. The summed E-state index contributed by atoms with van der Waals surface area (Å²) in [4.78, 5) is 23.1. The van der Waals surface area contributed by atoms with Crippen molar-refractivity contribution in [2.24, 2.45) is 0 Å². The van der Waals surface area contributed by atoms with Gasteiger partial charge in [0.15, 0.2) is 11.5 Å². The molecule has 0 radical (unpaired) electrons. The van der Waals surface area contributed by atoms with Crippen LogP contribution in [0, 0.1) is 0 Å². The van der Waals surface area contributed by atoms with Crippen molar-refractivity contribution in [3.8, 4) is 23.0 Å². The van der Waals surface area contributed by atoms with E-state index in [9.17, 15) is 9.59 Å². The minimum Gasteiger partial charge on any atom is -0.494 e. The van der Waals surface area contributed by atoms with E-state index in [-0.39, 0.29) is 18.1 Å². The second-order valence-corrected chi connectivity index (χ2v) is 5.71. The van der Waals surface area contributed by atoms with Crippen LogP contribution in [0.15, 0.2) is 36.4 Å². The number of carboxylic acids is 1. The molecule has 1 amide bonds. The van der Waals surface area contributed by atoms with E-state index in [4.69, 9.17) is 24.1 Å². The summed E-state index contributed by atoms with van der Waals surface area (Å²) in [6.45, 7) is 0.306. The third kappa shape index (κ3) is 5.29. The zero-order valence-electron chi connectivity index (χ0n) is 16.0. The molecule has 0 heterocycles. The molecule has 0 aliphatic carbocycles. The molecule has 2 N–H and O–H groups in total. The molecule has 0 unspecified atom stereocenters. The zero-order valence-corrected chi connectivity index (χ0v) is 16.0. The van der Waals surface area contributed by atoms with Gasteiger partial charge in [0.2, 0.25) is 5.75 Å². The number of hydrogen-bond donors (Lipinski definition) is 2. The molecule has 0 spiro atoms. The van der Waals surface area contributed by atoms with Gasteiger partial charge in [-0.05, 0) is 42.8 Å². The summed E-state index contributed by atoms with van der Waals surface area (Å²) in [5.74, 6) is 0.438. The molecule has 0 aliphatic heterocycles. The lowest BCUT2D eigenvalue weighted by atomic mass is 10.1. The summed E-state index contributed by atoms with van der Waals surface area (Å²) in [5, 5.41) is 11.4. The molecule has 0 atom stereocenters. The Bertz CT molecular complexity index is 818. The molecular formula is C20H23NO7.